The Hall–Kier alpha value is -1.46. The van der Waals surface area contributed by atoms with Crippen molar-refractivity contribution in [3.8, 4) is 5.75 Å². The van der Waals surface area contributed by atoms with E-state index >= 15 is 0 Å². The van der Waals surface area contributed by atoms with Crippen molar-refractivity contribution in [1.82, 2.24) is 4.90 Å². The van der Waals surface area contributed by atoms with Crippen LogP contribution in [0.3, 0.4) is 0 Å². The Balaban J connectivity index is 1.99. The lowest BCUT2D eigenvalue weighted by Gasteiger charge is -2.33. The summed E-state index contributed by atoms with van der Waals surface area (Å²) in [5.74, 6) is 0.872. The largest absolute Gasteiger partial charge is 0.489 e. The number of hydrogen-bond acceptors (Lipinski definition) is 5. The molecule has 0 amide bonds. The standard InChI is InChI=1S/C14H23N3O2/c1-2-16(7-9-18)5-6-17-8-10-19-14-11-12(15)3-4-13(14)17/h3-4,11,18H,2,5-10,15H2,1H3. The van der Waals surface area contributed by atoms with Crippen molar-refractivity contribution in [3.63, 3.8) is 0 Å². The topological polar surface area (TPSA) is 62.0 Å². The lowest BCUT2D eigenvalue weighted by molar-refractivity contribution is 0.203. The Morgan fingerprint density at radius 1 is 1.42 bits per heavy atom. The molecule has 0 atom stereocenters. The van der Waals surface area contributed by atoms with Crippen LogP contribution < -0.4 is 15.4 Å². The van der Waals surface area contributed by atoms with Gasteiger partial charge in [-0.1, -0.05) is 6.92 Å². The smallest absolute Gasteiger partial charge is 0.144 e. The van der Waals surface area contributed by atoms with Gasteiger partial charge in [0.1, 0.15) is 12.4 Å². The number of aliphatic hydroxyl groups excluding tert-OH is 1. The summed E-state index contributed by atoms with van der Waals surface area (Å²) in [6.45, 7) is 7.49. The predicted octanol–water partition coefficient (Wildman–Crippen LogP) is 0.782. The molecule has 1 aromatic carbocycles. The maximum absolute atomic E-state index is 9.00. The van der Waals surface area contributed by atoms with Crippen LogP contribution >= 0.6 is 0 Å². The van der Waals surface area contributed by atoms with E-state index in [0.717, 1.165) is 49.8 Å². The van der Waals surface area contributed by atoms with Crippen LogP contribution in [0.25, 0.3) is 0 Å². The number of nitrogens with two attached hydrogens (primary N) is 1. The van der Waals surface area contributed by atoms with Crippen LogP contribution in [0.1, 0.15) is 6.92 Å². The second-order valence-electron chi connectivity index (χ2n) is 4.72. The Bertz CT molecular complexity index is 412. The number of benzene rings is 1. The fraction of sp³-hybridized carbons (Fsp3) is 0.571. The Morgan fingerprint density at radius 3 is 3.00 bits per heavy atom. The molecule has 2 rings (SSSR count). The number of anilines is 2. The fourth-order valence-corrected chi connectivity index (χ4v) is 2.36. The SMILES string of the molecule is CCN(CCO)CCN1CCOc2cc(N)ccc21. The first kappa shape index (κ1) is 14.0. The summed E-state index contributed by atoms with van der Waals surface area (Å²) >= 11 is 0. The number of nitrogen functional groups attached to an aromatic ring is 1. The highest BCUT2D eigenvalue weighted by atomic mass is 16.5. The zero-order valence-electron chi connectivity index (χ0n) is 11.5. The number of aliphatic hydroxyl groups is 1. The van der Waals surface area contributed by atoms with Gasteiger partial charge in [0.05, 0.1) is 18.8 Å². The van der Waals surface area contributed by atoms with Gasteiger partial charge in [0.2, 0.25) is 0 Å². The van der Waals surface area contributed by atoms with E-state index in [-0.39, 0.29) is 6.61 Å². The van der Waals surface area contributed by atoms with Gasteiger partial charge in [0, 0.05) is 31.4 Å². The molecule has 1 heterocycles. The molecule has 0 unspecified atom stereocenters. The van der Waals surface area contributed by atoms with E-state index in [1.165, 1.54) is 0 Å². The summed E-state index contributed by atoms with van der Waals surface area (Å²) in [5, 5.41) is 9.00. The van der Waals surface area contributed by atoms with Crippen LogP contribution in [0.15, 0.2) is 18.2 Å². The Morgan fingerprint density at radius 2 is 2.26 bits per heavy atom. The lowest BCUT2D eigenvalue weighted by atomic mass is 10.2. The van der Waals surface area contributed by atoms with Crippen molar-refractivity contribution < 1.29 is 9.84 Å². The van der Waals surface area contributed by atoms with E-state index in [0.29, 0.717) is 6.61 Å². The first-order chi connectivity index (χ1) is 9.24. The van der Waals surface area contributed by atoms with Crippen molar-refractivity contribution in [2.45, 2.75) is 6.92 Å². The highest BCUT2D eigenvalue weighted by Gasteiger charge is 2.18. The maximum Gasteiger partial charge on any atom is 0.144 e. The van der Waals surface area contributed by atoms with Gasteiger partial charge < -0.3 is 20.5 Å². The second kappa shape index (κ2) is 6.63. The average molecular weight is 265 g/mol. The summed E-state index contributed by atoms with van der Waals surface area (Å²) < 4.78 is 5.64. The van der Waals surface area contributed by atoms with E-state index in [1.807, 2.05) is 18.2 Å². The fourth-order valence-electron chi connectivity index (χ4n) is 2.36. The van der Waals surface area contributed by atoms with E-state index in [4.69, 9.17) is 15.6 Å². The van der Waals surface area contributed by atoms with Crippen LogP contribution in [0.5, 0.6) is 5.75 Å². The Labute approximate surface area is 114 Å². The zero-order valence-corrected chi connectivity index (χ0v) is 11.5. The molecule has 5 nitrogen and oxygen atoms in total. The number of fused-ring (bicyclic) bond motifs is 1. The summed E-state index contributed by atoms with van der Waals surface area (Å²) in [6, 6.07) is 5.81. The molecule has 106 valence electrons. The van der Waals surface area contributed by atoms with Gasteiger partial charge in [-0.25, -0.2) is 0 Å². The van der Waals surface area contributed by atoms with Crippen molar-refractivity contribution in [2.75, 3.05) is 56.6 Å². The normalized spacial score (nSPS) is 14.4. The Kier molecular flexibility index (Phi) is 4.87. The number of ether oxygens (including phenoxy) is 1. The van der Waals surface area contributed by atoms with Gasteiger partial charge in [-0.15, -0.1) is 0 Å². The molecule has 0 radical (unpaired) electrons. The van der Waals surface area contributed by atoms with Gasteiger partial charge in [-0.3, -0.25) is 4.90 Å². The summed E-state index contributed by atoms with van der Waals surface area (Å²) in [5.41, 5.74) is 7.62. The molecule has 1 aliphatic heterocycles. The van der Waals surface area contributed by atoms with Gasteiger partial charge in [-0.2, -0.15) is 0 Å². The molecule has 0 aromatic heterocycles. The minimum absolute atomic E-state index is 0.212. The molecular weight excluding hydrogens is 242 g/mol. The third kappa shape index (κ3) is 3.52. The molecule has 5 heteroatoms. The van der Waals surface area contributed by atoms with Crippen LogP contribution in [0, 0.1) is 0 Å². The number of likely N-dealkylation sites (N-methyl/N-ethyl adjacent to an activating group) is 1. The quantitative estimate of drug-likeness (QED) is 0.744. The van der Waals surface area contributed by atoms with E-state index in [9.17, 15) is 0 Å². The van der Waals surface area contributed by atoms with Crippen LogP contribution in [-0.4, -0.2) is 55.9 Å². The number of rotatable bonds is 6. The summed E-state index contributed by atoms with van der Waals surface area (Å²) in [4.78, 5) is 4.56. The third-order valence-corrected chi connectivity index (χ3v) is 3.49. The van der Waals surface area contributed by atoms with Crippen LogP contribution in [0.2, 0.25) is 0 Å². The summed E-state index contributed by atoms with van der Waals surface area (Å²) in [6.07, 6.45) is 0. The molecule has 0 spiro atoms. The van der Waals surface area contributed by atoms with Crippen molar-refractivity contribution in [3.05, 3.63) is 18.2 Å². The van der Waals surface area contributed by atoms with Gasteiger partial charge in [-0.05, 0) is 18.7 Å². The average Bonchev–Trinajstić information content (AvgIpc) is 2.43. The molecule has 1 aliphatic rings. The monoisotopic (exact) mass is 265 g/mol. The van der Waals surface area contributed by atoms with Crippen molar-refractivity contribution in [2.24, 2.45) is 0 Å². The molecule has 0 aliphatic carbocycles. The van der Waals surface area contributed by atoms with Gasteiger partial charge >= 0.3 is 0 Å². The number of hydrogen-bond donors (Lipinski definition) is 2. The van der Waals surface area contributed by atoms with E-state index < -0.39 is 0 Å². The molecule has 0 bridgehead atoms. The molecule has 0 saturated heterocycles. The first-order valence-electron chi connectivity index (χ1n) is 6.85. The molecule has 3 N–H and O–H groups in total. The molecule has 0 fully saturated rings. The van der Waals surface area contributed by atoms with Crippen molar-refractivity contribution >= 4 is 11.4 Å². The van der Waals surface area contributed by atoms with Crippen molar-refractivity contribution in [1.29, 1.82) is 0 Å². The molecule has 1 aromatic rings. The van der Waals surface area contributed by atoms with Crippen LogP contribution in [-0.2, 0) is 0 Å². The van der Waals surface area contributed by atoms with E-state index in [1.54, 1.807) is 0 Å². The predicted molar refractivity (Wildman–Crippen MR) is 77.8 cm³/mol. The van der Waals surface area contributed by atoms with Gasteiger partial charge in [0.15, 0.2) is 0 Å². The minimum Gasteiger partial charge on any atom is -0.489 e. The molecular formula is C14H23N3O2. The molecule has 0 saturated carbocycles. The molecule has 19 heavy (non-hydrogen) atoms. The lowest BCUT2D eigenvalue weighted by Crippen LogP contribution is -2.40. The number of nitrogens with zero attached hydrogens (tertiary/aromatic N) is 2. The minimum atomic E-state index is 0.212. The second-order valence-corrected chi connectivity index (χ2v) is 4.72. The highest BCUT2D eigenvalue weighted by molar-refractivity contribution is 5.65. The zero-order chi connectivity index (χ0) is 13.7. The van der Waals surface area contributed by atoms with Crippen LogP contribution in [0.4, 0.5) is 11.4 Å². The van der Waals surface area contributed by atoms with Gasteiger partial charge in [0.25, 0.3) is 0 Å². The first-order valence-corrected chi connectivity index (χ1v) is 6.85. The maximum atomic E-state index is 9.00. The highest BCUT2D eigenvalue weighted by Crippen LogP contribution is 2.32. The van der Waals surface area contributed by atoms with E-state index in [2.05, 4.69) is 16.7 Å². The third-order valence-electron chi connectivity index (χ3n) is 3.49. The summed E-state index contributed by atoms with van der Waals surface area (Å²) in [7, 11) is 0.